The molecule has 2 aromatic carbocycles. The Hall–Kier alpha value is -2.34. The van der Waals surface area contributed by atoms with Crippen LogP contribution in [0.25, 0.3) is 0 Å². The zero-order valence-electron chi connectivity index (χ0n) is 13.0. The van der Waals surface area contributed by atoms with Crippen LogP contribution in [0.1, 0.15) is 15.9 Å². The van der Waals surface area contributed by atoms with E-state index in [-0.39, 0.29) is 5.56 Å². The Bertz CT molecular complexity index is 705. The highest BCUT2D eigenvalue weighted by atomic mass is 19.2. The van der Waals surface area contributed by atoms with E-state index in [4.69, 9.17) is 0 Å². The van der Waals surface area contributed by atoms with Crippen molar-refractivity contribution >= 4 is 5.91 Å². The maximum atomic E-state index is 13.3. The number of amides is 1. The first-order chi connectivity index (χ1) is 11.5. The summed E-state index contributed by atoms with van der Waals surface area (Å²) in [6.45, 7) is 3.07. The van der Waals surface area contributed by atoms with Crippen molar-refractivity contribution < 1.29 is 18.0 Å². The lowest BCUT2D eigenvalue weighted by molar-refractivity contribution is 0.0627. The molecule has 0 aromatic heterocycles. The van der Waals surface area contributed by atoms with E-state index >= 15 is 0 Å². The normalized spacial score (nSPS) is 15.5. The minimum Gasteiger partial charge on any atom is -0.336 e. The highest BCUT2D eigenvalue weighted by Gasteiger charge is 2.24. The molecule has 1 fully saturated rings. The van der Waals surface area contributed by atoms with Gasteiger partial charge < -0.3 is 4.90 Å². The molecular weight excluding hydrogens is 317 g/mol. The van der Waals surface area contributed by atoms with E-state index < -0.39 is 23.4 Å². The first-order valence-electron chi connectivity index (χ1n) is 7.74. The van der Waals surface area contributed by atoms with E-state index in [9.17, 15) is 18.0 Å². The molecule has 6 heteroatoms. The second kappa shape index (κ2) is 7.05. The molecule has 0 radical (unpaired) electrons. The summed E-state index contributed by atoms with van der Waals surface area (Å²) in [5, 5.41) is 0. The lowest BCUT2D eigenvalue weighted by Crippen LogP contribution is -2.48. The van der Waals surface area contributed by atoms with Crippen LogP contribution in [0.3, 0.4) is 0 Å². The zero-order valence-corrected chi connectivity index (χ0v) is 13.0. The van der Waals surface area contributed by atoms with E-state index in [1.165, 1.54) is 10.5 Å². The first-order valence-corrected chi connectivity index (χ1v) is 7.74. The van der Waals surface area contributed by atoms with Crippen molar-refractivity contribution in [1.82, 2.24) is 9.80 Å². The molecule has 1 aliphatic rings. The van der Waals surface area contributed by atoms with Gasteiger partial charge in [0.15, 0.2) is 17.5 Å². The van der Waals surface area contributed by atoms with Crippen LogP contribution < -0.4 is 0 Å². The van der Waals surface area contributed by atoms with Gasteiger partial charge >= 0.3 is 0 Å². The molecule has 0 atom stereocenters. The summed E-state index contributed by atoms with van der Waals surface area (Å²) in [7, 11) is 0. The standard InChI is InChI=1S/C18H17F3N2O/c19-15-10-14(11-16(20)17(15)21)18(24)23-8-6-22(7-9-23)12-13-4-2-1-3-5-13/h1-5,10-11H,6-9,12H2. The fourth-order valence-corrected chi connectivity index (χ4v) is 2.81. The number of carbonyl (C=O) groups is 1. The molecule has 0 aliphatic carbocycles. The molecule has 0 unspecified atom stereocenters. The van der Waals surface area contributed by atoms with Gasteiger partial charge in [0.05, 0.1) is 0 Å². The summed E-state index contributed by atoms with van der Waals surface area (Å²) in [6.07, 6.45) is 0. The second-order valence-electron chi connectivity index (χ2n) is 5.81. The Morgan fingerprint density at radius 3 is 2.08 bits per heavy atom. The molecule has 0 saturated carbocycles. The summed E-state index contributed by atoms with van der Waals surface area (Å²) < 4.78 is 39.5. The minimum atomic E-state index is -1.56. The summed E-state index contributed by atoms with van der Waals surface area (Å²) in [4.78, 5) is 16.1. The average Bonchev–Trinajstić information content (AvgIpc) is 2.60. The number of carbonyl (C=O) groups excluding carboxylic acids is 1. The third-order valence-electron chi connectivity index (χ3n) is 4.14. The molecule has 0 N–H and O–H groups in total. The van der Waals surface area contributed by atoms with Crippen molar-refractivity contribution in [3.05, 3.63) is 71.0 Å². The Morgan fingerprint density at radius 1 is 0.917 bits per heavy atom. The van der Waals surface area contributed by atoms with E-state index in [1.807, 2.05) is 30.3 Å². The number of nitrogens with zero attached hydrogens (tertiary/aromatic N) is 2. The van der Waals surface area contributed by atoms with E-state index in [2.05, 4.69) is 4.90 Å². The lowest BCUT2D eigenvalue weighted by atomic mass is 10.1. The molecule has 3 nitrogen and oxygen atoms in total. The van der Waals surface area contributed by atoms with Crippen molar-refractivity contribution in [3.8, 4) is 0 Å². The number of benzene rings is 2. The van der Waals surface area contributed by atoms with Crippen LogP contribution >= 0.6 is 0 Å². The van der Waals surface area contributed by atoms with Gasteiger partial charge in [0, 0.05) is 38.3 Å². The highest BCUT2D eigenvalue weighted by Crippen LogP contribution is 2.17. The van der Waals surface area contributed by atoms with Gasteiger partial charge in [0.2, 0.25) is 0 Å². The third-order valence-corrected chi connectivity index (χ3v) is 4.14. The third kappa shape index (κ3) is 3.59. The molecule has 1 amide bonds. The van der Waals surface area contributed by atoms with Crippen molar-refractivity contribution in [3.63, 3.8) is 0 Å². The predicted molar refractivity (Wildman–Crippen MR) is 83.9 cm³/mol. The van der Waals surface area contributed by atoms with Crippen LogP contribution in [0.5, 0.6) is 0 Å². The van der Waals surface area contributed by atoms with Gasteiger partial charge in [0.1, 0.15) is 0 Å². The summed E-state index contributed by atoms with van der Waals surface area (Å²) >= 11 is 0. The maximum Gasteiger partial charge on any atom is 0.254 e. The smallest absolute Gasteiger partial charge is 0.254 e. The van der Waals surface area contributed by atoms with Crippen molar-refractivity contribution in [2.45, 2.75) is 6.54 Å². The SMILES string of the molecule is O=C(c1cc(F)c(F)c(F)c1)N1CCN(Cc2ccccc2)CC1. The van der Waals surface area contributed by atoms with E-state index in [1.54, 1.807) is 0 Å². The molecule has 0 spiro atoms. The van der Waals surface area contributed by atoms with E-state index in [0.29, 0.717) is 26.2 Å². The molecule has 1 heterocycles. The molecule has 1 saturated heterocycles. The van der Waals surface area contributed by atoms with Crippen LogP contribution in [0.15, 0.2) is 42.5 Å². The van der Waals surface area contributed by atoms with Crippen LogP contribution in [0.2, 0.25) is 0 Å². The minimum absolute atomic E-state index is 0.164. The van der Waals surface area contributed by atoms with Gasteiger partial charge in [0.25, 0.3) is 5.91 Å². The first kappa shape index (κ1) is 16.5. The number of rotatable bonds is 3. The quantitative estimate of drug-likeness (QED) is 0.806. The highest BCUT2D eigenvalue weighted by molar-refractivity contribution is 5.94. The molecule has 1 aliphatic heterocycles. The van der Waals surface area contributed by atoms with Crippen LogP contribution in [0.4, 0.5) is 13.2 Å². The Morgan fingerprint density at radius 2 is 1.50 bits per heavy atom. The van der Waals surface area contributed by atoms with E-state index in [0.717, 1.165) is 18.7 Å². The molecule has 126 valence electrons. The van der Waals surface area contributed by atoms with Crippen LogP contribution in [-0.2, 0) is 6.54 Å². The molecule has 3 rings (SSSR count). The number of hydrogen-bond acceptors (Lipinski definition) is 2. The molecule has 0 bridgehead atoms. The van der Waals surface area contributed by atoms with Crippen molar-refractivity contribution in [2.24, 2.45) is 0 Å². The number of hydrogen-bond donors (Lipinski definition) is 0. The van der Waals surface area contributed by atoms with Crippen molar-refractivity contribution in [1.29, 1.82) is 0 Å². The Kier molecular flexibility index (Phi) is 4.85. The Balaban J connectivity index is 1.61. The lowest BCUT2D eigenvalue weighted by Gasteiger charge is -2.34. The van der Waals surface area contributed by atoms with Gasteiger partial charge in [-0.1, -0.05) is 30.3 Å². The fourth-order valence-electron chi connectivity index (χ4n) is 2.81. The maximum absolute atomic E-state index is 13.3. The second-order valence-corrected chi connectivity index (χ2v) is 5.81. The van der Waals surface area contributed by atoms with Crippen LogP contribution in [-0.4, -0.2) is 41.9 Å². The largest absolute Gasteiger partial charge is 0.336 e. The van der Waals surface area contributed by atoms with Gasteiger partial charge in [-0.3, -0.25) is 9.69 Å². The van der Waals surface area contributed by atoms with Crippen molar-refractivity contribution in [2.75, 3.05) is 26.2 Å². The van der Waals surface area contributed by atoms with Gasteiger partial charge in [-0.15, -0.1) is 0 Å². The fraction of sp³-hybridized carbons (Fsp3) is 0.278. The Labute approximate surface area is 138 Å². The average molecular weight is 334 g/mol. The summed E-state index contributed by atoms with van der Waals surface area (Å²) in [5.74, 6) is -4.73. The molecular formula is C18H17F3N2O. The summed E-state index contributed by atoms with van der Waals surface area (Å²) in [5.41, 5.74) is 1.03. The van der Waals surface area contributed by atoms with Gasteiger partial charge in [-0.05, 0) is 17.7 Å². The molecule has 2 aromatic rings. The van der Waals surface area contributed by atoms with Gasteiger partial charge in [-0.2, -0.15) is 0 Å². The number of halogens is 3. The monoisotopic (exact) mass is 334 g/mol. The summed E-state index contributed by atoms with van der Waals surface area (Å²) in [6, 6.07) is 11.5. The number of piperazine rings is 1. The predicted octanol–water partition coefficient (Wildman–Crippen LogP) is 3.06. The topological polar surface area (TPSA) is 23.6 Å². The van der Waals surface area contributed by atoms with Crippen LogP contribution in [0, 0.1) is 17.5 Å². The molecule has 24 heavy (non-hydrogen) atoms. The van der Waals surface area contributed by atoms with Gasteiger partial charge in [-0.25, -0.2) is 13.2 Å². The zero-order chi connectivity index (χ0) is 17.1.